The molecule has 32 heavy (non-hydrogen) atoms. The third-order valence-corrected chi connectivity index (χ3v) is 5.31. The SMILES string of the molecule is COc1cccnc1[C@@H](CC(=O)c1ccc2cccnc2c1)c1ccc(C(F)(F)F)cc1. The molecule has 0 aliphatic carbocycles. The molecule has 0 aliphatic heterocycles. The van der Waals surface area contributed by atoms with Crippen molar-refractivity contribution in [2.24, 2.45) is 0 Å². The van der Waals surface area contributed by atoms with Crippen LogP contribution in [0.4, 0.5) is 13.2 Å². The zero-order chi connectivity index (χ0) is 22.7. The molecule has 0 radical (unpaired) electrons. The van der Waals surface area contributed by atoms with Crippen LogP contribution in [0.5, 0.6) is 5.75 Å². The summed E-state index contributed by atoms with van der Waals surface area (Å²) in [5.74, 6) is -0.291. The van der Waals surface area contributed by atoms with Crippen LogP contribution >= 0.6 is 0 Å². The molecule has 2 aromatic heterocycles. The first kappa shape index (κ1) is 21.5. The highest BCUT2D eigenvalue weighted by Crippen LogP contribution is 2.36. The van der Waals surface area contributed by atoms with Gasteiger partial charge in [0, 0.05) is 35.7 Å². The summed E-state index contributed by atoms with van der Waals surface area (Å²) in [5, 5.41) is 0.912. The number of benzene rings is 2. The largest absolute Gasteiger partial charge is 0.495 e. The first-order valence-corrected chi connectivity index (χ1v) is 9.91. The van der Waals surface area contributed by atoms with Crippen molar-refractivity contribution in [1.29, 1.82) is 0 Å². The van der Waals surface area contributed by atoms with Crippen LogP contribution in [0, 0.1) is 0 Å². The predicted octanol–water partition coefficient (Wildman–Crippen LogP) is 6.06. The Morgan fingerprint density at radius 3 is 2.41 bits per heavy atom. The lowest BCUT2D eigenvalue weighted by Gasteiger charge is -2.19. The number of aromatic nitrogens is 2. The number of pyridine rings is 2. The predicted molar refractivity (Wildman–Crippen MR) is 115 cm³/mol. The second-order valence-electron chi connectivity index (χ2n) is 7.30. The summed E-state index contributed by atoms with van der Waals surface area (Å²) < 4.78 is 44.5. The number of methoxy groups -OCH3 is 1. The van der Waals surface area contributed by atoms with E-state index >= 15 is 0 Å². The van der Waals surface area contributed by atoms with E-state index in [1.807, 2.05) is 18.2 Å². The van der Waals surface area contributed by atoms with E-state index in [1.165, 1.54) is 19.2 Å². The van der Waals surface area contributed by atoms with Crippen LogP contribution in [0.15, 0.2) is 79.1 Å². The number of fused-ring (bicyclic) bond motifs is 1. The molecule has 4 nitrogen and oxygen atoms in total. The second-order valence-corrected chi connectivity index (χ2v) is 7.30. The smallest absolute Gasteiger partial charge is 0.416 e. The van der Waals surface area contributed by atoms with Crippen molar-refractivity contribution >= 4 is 16.7 Å². The average Bonchev–Trinajstić information content (AvgIpc) is 2.81. The Kier molecular flexibility index (Phi) is 5.90. The fourth-order valence-electron chi connectivity index (χ4n) is 3.66. The molecular weight excluding hydrogens is 417 g/mol. The third kappa shape index (κ3) is 4.46. The third-order valence-electron chi connectivity index (χ3n) is 5.31. The maximum atomic E-state index is 13.2. The highest BCUT2D eigenvalue weighted by molar-refractivity contribution is 5.99. The number of Topliss-reactive ketones (excluding diaryl/α,β-unsaturated/α-hetero) is 1. The molecule has 0 unspecified atom stereocenters. The number of ether oxygens (including phenoxy) is 1. The summed E-state index contributed by atoms with van der Waals surface area (Å²) in [6.07, 6.45) is -1.21. The van der Waals surface area contributed by atoms with Gasteiger partial charge in [0.2, 0.25) is 0 Å². The number of rotatable bonds is 6. The molecular formula is C25H19F3N2O2. The van der Waals surface area contributed by atoms with Gasteiger partial charge >= 0.3 is 6.18 Å². The van der Waals surface area contributed by atoms with Gasteiger partial charge in [0.1, 0.15) is 5.75 Å². The Morgan fingerprint density at radius 1 is 0.969 bits per heavy atom. The van der Waals surface area contributed by atoms with E-state index in [4.69, 9.17) is 4.74 Å². The number of alkyl halides is 3. The Morgan fingerprint density at radius 2 is 1.69 bits per heavy atom. The molecule has 0 saturated heterocycles. The van der Waals surface area contributed by atoms with E-state index in [0.29, 0.717) is 28.1 Å². The monoisotopic (exact) mass is 436 g/mol. The Balaban J connectivity index is 1.72. The van der Waals surface area contributed by atoms with Gasteiger partial charge in [-0.15, -0.1) is 0 Å². The first-order chi connectivity index (χ1) is 15.4. The summed E-state index contributed by atoms with van der Waals surface area (Å²) in [4.78, 5) is 21.9. The Bertz CT molecular complexity index is 1250. The molecule has 4 aromatic rings. The molecule has 0 fully saturated rings. The molecule has 1 atom stereocenters. The number of hydrogen-bond donors (Lipinski definition) is 0. The van der Waals surface area contributed by atoms with Crippen LogP contribution in [0.2, 0.25) is 0 Å². The van der Waals surface area contributed by atoms with E-state index in [2.05, 4.69) is 9.97 Å². The van der Waals surface area contributed by atoms with Gasteiger partial charge in [0.05, 0.1) is 23.9 Å². The van der Waals surface area contributed by atoms with Crippen molar-refractivity contribution < 1.29 is 22.7 Å². The maximum absolute atomic E-state index is 13.2. The number of carbonyl (C=O) groups excluding carboxylic acids is 1. The lowest BCUT2D eigenvalue weighted by Crippen LogP contribution is -2.13. The number of hydrogen-bond acceptors (Lipinski definition) is 4. The quantitative estimate of drug-likeness (QED) is 0.345. The molecule has 4 rings (SSSR count). The zero-order valence-electron chi connectivity index (χ0n) is 17.1. The molecule has 7 heteroatoms. The van der Waals surface area contributed by atoms with Crippen molar-refractivity contribution in [2.45, 2.75) is 18.5 Å². The van der Waals surface area contributed by atoms with Gasteiger partial charge in [0.15, 0.2) is 5.78 Å². The molecule has 2 heterocycles. The molecule has 0 saturated carbocycles. The molecule has 0 N–H and O–H groups in total. The minimum Gasteiger partial charge on any atom is -0.495 e. The Hall–Kier alpha value is -3.74. The minimum absolute atomic E-state index is 0.0110. The van der Waals surface area contributed by atoms with Crippen molar-refractivity contribution in [3.05, 3.63) is 102 Å². The van der Waals surface area contributed by atoms with Crippen molar-refractivity contribution in [3.63, 3.8) is 0 Å². The van der Waals surface area contributed by atoms with E-state index in [1.54, 1.807) is 36.7 Å². The molecule has 162 valence electrons. The zero-order valence-corrected chi connectivity index (χ0v) is 17.1. The van der Waals surface area contributed by atoms with E-state index in [9.17, 15) is 18.0 Å². The average molecular weight is 436 g/mol. The first-order valence-electron chi connectivity index (χ1n) is 9.91. The van der Waals surface area contributed by atoms with Crippen LogP contribution in [-0.2, 0) is 6.18 Å². The van der Waals surface area contributed by atoms with E-state index in [-0.39, 0.29) is 12.2 Å². The van der Waals surface area contributed by atoms with Gasteiger partial charge in [-0.25, -0.2) is 0 Å². The number of halogens is 3. The summed E-state index contributed by atoms with van der Waals surface area (Å²) in [7, 11) is 1.49. The van der Waals surface area contributed by atoms with Crippen LogP contribution in [0.3, 0.4) is 0 Å². The van der Waals surface area contributed by atoms with E-state index in [0.717, 1.165) is 17.5 Å². The van der Waals surface area contributed by atoms with Crippen LogP contribution in [-0.4, -0.2) is 22.9 Å². The molecule has 2 aromatic carbocycles. The van der Waals surface area contributed by atoms with Gasteiger partial charge in [-0.05, 0) is 42.0 Å². The number of ketones is 1. The number of nitrogens with zero attached hydrogens (tertiary/aromatic N) is 2. The van der Waals surface area contributed by atoms with Crippen molar-refractivity contribution in [2.75, 3.05) is 7.11 Å². The normalized spacial score (nSPS) is 12.5. The molecule has 0 aliphatic rings. The fourth-order valence-corrected chi connectivity index (χ4v) is 3.66. The van der Waals surface area contributed by atoms with Gasteiger partial charge in [-0.1, -0.05) is 30.3 Å². The highest BCUT2D eigenvalue weighted by atomic mass is 19.4. The summed E-state index contributed by atoms with van der Waals surface area (Å²) in [6, 6.07) is 17.2. The Labute approximate surface area is 182 Å². The van der Waals surface area contributed by atoms with Gasteiger partial charge in [-0.2, -0.15) is 13.2 Å². The van der Waals surface area contributed by atoms with Gasteiger partial charge < -0.3 is 4.74 Å². The second kappa shape index (κ2) is 8.78. The van der Waals surface area contributed by atoms with Crippen molar-refractivity contribution in [3.8, 4) is 5.75 Å². The van der Waals surface area contributed by atoms with Crippen LogP contribution in [0.25, 0.3) is 10.9 Å². The minimum atomic E-state index is -4.44. The number of carbonyl (C=O) groups is 1. The van der Waals surface area contributed by atoms with Crippen LogP contribution < -0.4 is 4.74 Å². The standard InChI is InChI=1S/C25H19F3N2O2/c1-32-23-5-3-13-30-24(23)20(16-8-10-19(11-9-16)25(26,27)28)15-22(31)18-7-6-17-4-2-12-29-21(17)14-18/h2-14,20H,15H2,1H3/t20-/m0/s1. The summed E-state index contributed by atoms with van der Waals surface area (Å²) in [6.45, 7) is 0. The topological polar surface area (TPSA) is 52.1 Å². The van der Waals surface area contributed by atoms with Gasteiger partial charge in [-0.3, -0.25) is 14.8 Å². The lowest BCUT2D eigenvalue weighted by atomic mass is 9.87. The van der Waals surface area contributed by atoms with Crippen molar-refractivity contribution in [1.82, 2.24) is 9.97 Å². The fraction of sp³-hybridized carbons (Fsp3) is 0.160. The maximum Gasteiger partial charge on any atom is 0.416 e. The molecule has 0 amide bonds. The lowest BCUT2D eigenvalue weighted by molar-refractivity contribution is -0.137. The molecule has 0 spiro atoms. The van der Waals surface area contributed by atoms with E-state index < -0.39 is 17.7 Å². The van der Waals surface area contributed by atoms with Crippen LogP contribution in [0.1, 0.15) is 39.5 Å². The molecule has 0 bridgehead atoms. The summed E-state index contributed by atoms with van der Waals surface area (Å²) >= 11 is 0. The summed E-state index contributed by atoms with van der Waals surface area (Å²) in [5.41, 5.74) is 1.45. The van der Waals surface area contributed by atoms with Gasteiger partial charge in [0.25, 0.3) is 0 Å². The highest BCUT2D eigenvalue weighted by Gasteiger charge is 2.31.